The van der Waals surface area contributed by atoms with Gasteiger partial charge in [0.05, 0.1) is 0 Å². The van der Waals surface area contributed by atoms with E-state index >= 15 is 0 Å². The van der Waals surface area contributed by atoms with Crippen LogP contribution in [-0.2, 0) is 37.7 Å². The van der Waals surface area contributed by atoms with Crippen LogP contribution in [0, 0.1) is 10.1 Å². The summed E-state index contributed by atoms with van der Waals surface area (Å²) >= 11 is 0. The van der Waals surface area contributed by atoms with Crippen LogP contribution in [0.2, 0.25) is 0 Å². The van der Waals surface area contributed by atoms with Gasteiger partial charge in [0.2, 0.25) is 0 Å². The minimum absolute atomic E-state index is 0. The molecule has 0 aromatic heterocycles. The maximum atomic E-state index is 8.70. The molecule has 6 heavy (non-hydrogen) atoms. The SMILES string of the molecule is O=[N+]([O-])OO.[Y]. The maximum Gasteiger partial charge on any atom is 0.322 e. The predicted octanol–water partition coefficient (Wildman–Crippen LogP) is -0.335. The van der Waals surface area contributed by atoms with Crippen LogP contribution in [0.4, 0.5) is 0 Å². The standard InChI is InChI=1S/HNO4.Y/c2-1(3)5-4;/h4H;. The van der Waals surface area contributed by atoms with Crippen molar-refractivity contribution in [3.05, 3.63) is 10.1 Å². The summed E-state index contributed by atoms with van der Waals surface area (Å²) in [7, 11) is 0. The molecule has 0 unspecified atom stereocenters. The molecule has 0 aliphatic heterocycles. The summed E-state index contributed by atoms with van der Waals surface area (Å²) in [5, 5.41) is 14.3. The Kier molecular flexibility index (Phi) is 8.38. The normalized spacial score (nSPS) is 5.50. The second-order valence-corrected chi connectivity index (χ2v) is 0.305. The van der Waals surface area contributed by atoms with E-state index in [0.29, 0.717) is 0 Å². The van der Waals surface area contributed by atoms with E-state index in [9.17, 15) is 0 Å². The summed E-state index contributed by atoms with van der Waals surface area (Å²) in [6, 6.07) is 0. The van der Waals surface area contributed by atoms with Gasteiger partial charge in [-0.15, -0.1) is 15.1 Å². The van der Waals surface area contributed by atoms with Crippen molar-refractivity contribution < 1.29 is 48.0 Å². The van der Waals surface area contributed by atoms with Crippen LogP contribution in [0.15, 0.2) is 0 Å². The third-order valence-electron chi connectivity index (χ3n) is 0.0667. The van der Waals surface area contributed by atoms with Gasteiger partial charge in [-0.2, -0.15) is 0 Å². The first kappa shape index (κ1) is 9.55. The first-order valence-electron chi connectivity index (χ1n) is 0.730. The second kappa shape index (κ2) is 5.26. The molecule has 0 bridgehead atoms. The van der Waals surface area contributed by atoms with E-state index in [0.717, 1.165) is 0 Å². The molecule has 0 spiro atoms. The minimum atomic E-state index is -1.32. The Morgan fingerprint density at radius 1 is 1.83 bits per heavy atom. The van der Waals surface area contributed by atoms with Gasteiger partial charge in [-0.3, -0.25) is 0 Å². The van der Waals surface area contributed by atoms with Crippen LogP contribution in [-0.4, -0.2) is 10.3 Å². The molecule has 6 heteroatoms. The maximum absolute atomic E-state index is 8.70. The molecule has 1 N–H and O–H groups in total. The first-order valence-corrected chi connectivity index (χ1v) is 0.730. The topological polar surface area (TPSA) is 72.6 Å². The molecule has 5 nitrogen and oxygen atoms in total. The molecule has 0 rings (SSSR count). The number of rotatable bonds is 1. The summed E-state index contributed by atoms with van der Waals surface area (Å²) < 4.78 is 0. The Morgan fingerprint density at radius 2 is 2.00 bits per heavy atom. The summed E-state index contributed by atoms with van der Waals surface area (Å²) in [5.74, 6) is 0. The Balaban J connectivity index is 0. The summed E-state index contributed by atoms with van der Waals surface area (Å²) in [4.78, 5) is 11.2. The molecule has 0 aromatic rings. The number of hydrogen-bond acceptors (Lipinski definition) is 4. The van der Waals surface area contributed by atoms with Crippen LogP contribution in [0.3, 0.4) is 0 Å². The van der Waals surface area contributed by atoms with Gasteiger partial charge in [-0.05, 0) is 0 Å². The van der Waals surface area contributed by atoms with Crippen molar-refractivity contribution in [2.45, 2.75) is 0 Å². The van der Waals surface area contributed by atoms with Gasteiger partial charge < -0.3 is 0 Å². The monoisotopic (exact) mass is 168 g/mol. The third kappa shape index (κ3) is 8.86. The van der Waals surface area contributed by atoms with Crippen LogP contribution in [0.25, 0.3) is 0 Å². The average Bonchev–Trinajstić information content (AvgIpc) is 1.38. The molecule has 0 saturated heterocycles. The van der Waals surface area contributed by atoms with E-state index in [-0.39, 0.29) is 32.7 Å². The quantitative estimate of drug-likeness (QED) is 0.330. The predicted molar refractivity (Wildman–Crippen MR) is 10.7 cm³/mol. The zero-order valence-electron chi connectivity index (χ0n) is 2.70. The Hall–Kier alpha value is 0.264. The third-order valence-corrected chi connectivity index (χ3v) is 0.0667. The van der Waals surface area contributed by atoms with Crippen molar-refractivity contribution in [1.29, 1.82) is 0 Å². The minimum Gasteiger partial charge on any atom is -0.214 e. The molecular formula is HNO4Y. The molecule has 0 atom stereocenters. The number of nitrogens with zero attached hydrogens (tertiary/aromatic N) is 1. The molecule has 0 heterocycles. The van der Waals surface area contributed by atoms with Crippen LogP contribution in [0.5, 0.6) is 0 Å². The molecule has 0 aromatic carbocycles. The molecule has 0 saturated carbocycles. The van der Waals surface area contributed by atoms with Gasteiger partial charge >= 0.3 is 5.09 Å². The Morgan fingerprint density at radius 3 is 2.00 bits per heavy atom. The van der Waals surface area contributed by atoms with Gasteiger partial charge in [0.25, 0.3) is 0 Å². The van der Waals surface area contributed by atoms with Gasteiger partial charge in [-0.1, -0.05) is 0 Å². The fourth-order valence-corrected chi connectivity index (χ4v) is 0. The zero-order chi connectivity index (χ0) is 4.28. The molecule has 1 radical (unpaired) electrons. The van der Waals surface area contributed by atoms with E-state index in [1.807, 2.05) is 0 Å². The van der Waals surface area contributed by atoms with Gasteiger partial charge in [0.1, 0.15) is 0 Å². The number of hydrogen-bond donors (Lipinski definition) is 1. The summed E-state index contributed by atoms with van der Waals surface area (Å²) in [6.07, 6.45) is 0. The fraction of sp³-hybridized carbons (Fsp3) is 0. The first-order chi connectivity index (χ1) is 2.27. The largest absolute Gasteiger partial charge is 0.322 e. The molecule has 0 amide bonds. The van der Waals surface area contributed by atoms with Crippen LogP contribution < -0.4 is 0 Å². The summed E-state index contributed by atoms with van der Waals surface area (Å²) in [6.45, 7) is 0. The average molecular weight is 168 g/mol. The van der Waals surface area contributed by atoms with Crippen LogP contribution in [0.1, 0.15) is 0 Å². The van der Waals surface area contributed by atoms with Crippen LogP contribution >= 0.6 is 0 Å². The Labute approximate surface area is 58.2 Å². The van der Waals surface area contributed by atoms with E-state index < -0.39 is 5.09 Å². The molecular weight excluding hydrogens is 167 g/mol. The van der Waals surface area contributed by atoms with E-state index in [4.69, 9.17) is 15.4 Å². The van der Waals surface area contributed by atoms with E-state index in [1.165, 1.54) is 0 Å². The smallest absolute Gasteiger partial charge is 0.214 e. The molecule has 0 aliphatic rings. The van der Waals surface area contributed by atoms with Gasteiger partial charge in [-0.25, -0.2) is 5.26 Å². The second-order valence-electron chi connectivity index (χ2n) is 0.305. The zero-order valence-corrected chi connectivity index (χ0v) is 5.53. The molecule has 33 valence electrons. The van der Waals surface area contributed by atoms with Crippen molar-refractivity contribution in [2.75, 3.05) is 0 Å². The Bertz CT molecular complexity index is 42.8. The van der Waals surface area contributed by atoms with Gasteiger partial charge in [0, 0.05) is 32.7 Å². The van der Waals surface area contributed by atoms with Crippen molar-refractivity contribution in [1.82, 2.24) is 0 Å². The summed E-state index contributed by atoms with van der Waals surface area (Å²) in [5.41, 5.74) is 0. The molecule has 0 fully saturated rings. The van der Waals surface area contributed by atoms with Crippen molar-refractivity contribution in [3.63, 3.8) is 0 Å². The van der Waals surface area contributed by atoms with Crippen molar-refractivity contribution in [3.8, 4) is 0 Å². The fourth-order valence-electron chi connectivity index (χ4n) is 0. The van der Waals surface area contributed by atoms with Crippen molar-refractivity contribution in [2.24, 2.45) is 0 Å². The molecule has 0 aliphatic carbocycles. The van der Waals surface area contributed by atoms with Gasteiger partial charge in [0.15, 0.2) is 0 Å². The van der Waals surface area contributed by atoms with E-state index in [2.05, 4.69) is 4.99 Å². The van der Waals surface area contributed by atoms with Crippen molar-refractivity contribution >= 4 is 0 Å². The van der Waals surface area contributed by atoms with E-state index in [1.54, 1.807) is 0 Å².